The fraction of sp³-hybridized carbons (Fsp3) is 0.125. The fourth-order valence-corrected chi connectivity index (χ4v) is 4.48. The SMILES string of the molecule is COc1cccc2cc(C(=O)Nc3ccc(S(=O)(=O)Nc4ccc(C)cc4C)cc3)oc12. The van der Waals surface area contributed by atoms with Crippen LogP contribution in [0, 0.1) is 13.8 Å². The van der Waals surface area contributed by atoms with Gasteiger partial charge in [-0.2, -0.15) is 0 Å². The van der Waals surface area contributed by atoms with Gasteiger partial charge in [-0.15, -0.1) is 0 Å². The average Bonchev–Trinajstić information content (AvgIpc) is 3.21. The van der Waals surface area contributed by atoms with Crippen molar-refractivity contribution in [3.63, 3.8) is 0 Å². The van der Waals surface area contributed by atoms with Crippen molar-refractivity contribution in [1.29, 1.82) is 0 Å². The van der Waals surface area contributed by atoms with Crippen LogP contribution in [0.3, 0.4) is 0 Å². The summed E-state index contributed by atoms with van der Waals surface area (Å²) < 4.78 is 39.0. The Bertz CT molecular complexity index is 1410. The van der Waals surface area contributed by atoms with Crippen LogP contribution < -0.4 is 14.8 Å². The van der Waals surface area contributed by atoms with E-state index in [1.165, 1.54) is 31.4 Å². The monoisotopic (exact) mass is 450 g/mol. The first-order valence-electron chi connectivity index (χ1n) is 9.85. The molecule has 0 saturated carbocycles. The summed E-state index contributed by atoms with van der Waals surface area (Å²) in [5, 5.41) is 3.46. The van der Waals surface area contributed by atoms with Gasteiger partial charge in [0.25, 0.3) is 15.9 Å². The molecule has 0 atom stereocenters. The molecule has 1 aromatic heterocycles. The summed E-state index contributed by atoms with van der Waals surface area (Å²) in [5.41, 5.74) is 3.33. The average molecular weight is 451 g/mol. The van der Waals surface area contributed by atoms with E-state index in [0.29, 0.717) is 22.7 Å². The van der Waals surface area contributed by atoms with Gasteiger partial charge in [0.15, 0.2) is 17.1 Å². The van der Waals surface area contributed by atoms with E-state index in [2.05, 4.69) is 10.0 Å². The molecule has 32 heavy (non-hydrogen) atoms. The Morgan fingerprint density at radius 3 is 2.41 bits per heavy atom. The normalized spacial score (nSPS) is 11.3. The molecule has 4 aromatic rings. The Hall–Kier alpha value is -3.78. The van der Waals surface area contributed by atoms with Crippen LogP contribution in [0.5, 0.6) is 5.75 Å². The Kier molecular flexibility index (Phi) is 5.63. The maximum Gasteiger partial charge on any atom is 0.291 e. The van der Waals surface area contributed by atoms with Gasteiger partial charge in [-0.3, -0.25) is 9.52 Å². The van der Waals surface area contributed by atoms with Crippen molar-refractivity contribution >= 4 is 38.3 Å². The Labute approximate surface area is 186 Å². The van der Waals surface area contributed by atoms with Gasteiger partial charge in [-0.25, -0.2) is 8.42 Å². The first-order valence-corrected chi connectivity index (χ1v) is 11.3. The summed E-state index contributed by atoms with van der Waals surface area (Å²) >= 11 is 0. The molecule has 2 N–H and O–H groups in total. The molecule has 0 spiro atoms. The fourth-order valence-electron chi connectivity index (χ4n) is 3.35. The minimum atomic E-state index is -3.77. The zero-order valence-corrected chi connectivity index (χ0v) is 18.6. The number of nitrogens with one attached hydrogen (secondary N) is 2. The van der Waals surface area contributed by atoms with Crippen LogP contribution in [0.15, 0.2) is 76.0 Å². The molecule has 164 valence electrons. The molecule has 8 heteroatoms. The number of hydrogen-bond donors (Lipinski definition) is 2. The van der Waals surface area contributed by atoms with E-state index in [9.17, 15) is 13.2 Å². The number of sulfonamides is 1. The molecular formula is C24H22N2O5S. The highest BCUT2D eigenvalue weighted by Gasteiger charge is 2.17. The van der Waals surface area contributed by atoms with Gasteiger partial charge in [0, 0.05) is 11.1 Å². The lowest BCUT2D eigenvalue weighted by atomic mass is 10.1. The van der Waals surface area contributed by atoms with Crippen molar-refractivity contribution in [2.24, 2.45) is 0 Å². The van der Waals surface area contributed by atoms with Crippen molar-refractivity contribution in [2.45, 2.75) is 18.7 Å². The van der Waals surface area contributed by atoms with Crippen molar-refractivity contribution in [3.8, 4) is 5.75 Å². The Balaban J connectivity index is 1.50. The van der Waals surface area contributed by atoms with Crippen LogP contribution in [-0.4, -0.2) is 21.4 Å². The summed E-state index contributed by atoms with van der Waals surface area (Å²) in [7, 11) is -2.24. The maximum atomic E-state index is 12.7. The van der Waals surface area contributed by atoms with Crippen LogP contribution in [0.25, 0.3) is 11.0 Å². The first-order chi connectivity index (χ1) is 15.3. The predicted molar refractivity (Wildman–Crippen MR) is 124 cm³/mol. The Morgan fingerprint density at radius 1 is 0.969 bits per heavy atom. The molecular weight excluding hydrogens is 428 g/mol. The summed E-state index contributed by atoms with van der Waals surface area (Å²) in [4.78, 5) is 12.7. The predicted octanol–water partition coefficient (Wildman–Crippen LogP) is 5.11. The molecule has 0 aliphatic carbocycles. The van der Waals surface area contributed by atoms with E-state index in [-0.39, 0.29) is 10.7 Å². The topological polar surface area (TPSA) is 97.6 Å². The summed E-state index contributed by atoms with van der Waals surface area (Å²) in [6.07, 6.45) is 0. The molecule has 0 aliphatic rings. The Morgan fingerprint density at radius 2 is 1.72 bits per heavy atom. The number of fused-ring (bicyclic) bond motifs is 1. The van der Waals surface area contributed by atoms with Crippen molar-refractivity contribution in [3.05, 3.63) is 83.6 Å². The van der Waals surface area contributed by atoms with Crippen molar-refractivity contribution in [2.75, 3.05) is 17.1 Å². The van der Waals surface area contributed by atoms with Crippen LogP contribution in [0.2, 0.25) is 0 Å². The van der Waals surface area contributed by atoms with Crippen molar-refractivity contribution < 1.29 is 22.4 Å². The standard InChI is InChI=1S/C24H22N2O5S/c1-15-7-12-20(16(2)13-15)26-32(28,29)19-10-8-18(9-11-19)25-24(27)22-14-17-5-4-6-21(30-3)23(17)31-22/h4-14,26H,1-3H3,(H,25,27). The van der Waals surface area contributed by atoms with Gasteiger partial charge < -0.3 is 14.5 Å². The van der Waals surface area contributed by atoms with Gasteiger partial charge >= 0.3 is 0 Å². The van der Waals surface area contributed by atoms with E-state index in [1.807, 2.05) is 38.1 Å². The minimum absolute atomic E-state index is 0.0870. The molecule has 0 aliphatic heterocycles. The van der Waals surface area contributed by atoms with Gasteiger partial charge in [-0.1, -0.05) is 29.8 Å². The maximum absolute atomic E-state index is 12.7. The summed E-state index contributed by atoms with van der Waals surface area (Å²) in [6.45, 7) is 3.79. The number of amides is 1. The smallest absolute Gasteiger partial charge is 0.291 e. The second-order valence-electron chi connectivity index (χ2n) is 7.39. The van der Waals surface area contributed by atoms with E-state index < -0.39 is 15.9 Å². The van der Waals surface area contributed by atoms with Gasteiger partial charge in [0.1, 0.15) is 0 Å². The third kappa shape index (κ3) is 4.31. The quantitative estimate of drug-likeness (QED) is 0.425. The van der Waals surface area contributed by atoms with Gasteiger partial charge in [0.2, 0.25) is 0 Å². The number of para-hydroxylation sites is 1. The van der Waals surface area contributed by atoms with Gasteiger partial charge in [0.05, 0.1) is 17.7 Å². The van der Waals surface area contributed by atoms with E-state index in [4.69, 9.17) is 9.15 Å². The molecule has 1 amide bonds. The molecule has 0 bridgehead atoms. The molecule has 0 unspecified atom stereocenters. The molecule has 3 aromatic carbocycles. The number of rotatable bonds is 6. The summed E-state index contributed by atoms with van der Waals surface area (Å²) in [6, 6.07) is 18.4. The zero-order valence-electron chi connectivity index (χ0n) is 17.8. The molecule has 4 rings (SSSR count). The lowest BCUT2D eigenvalue weighted by Crippen LogP contribution is -2.14. The number of carbonyl (C=O) groups is 1. The third-order valence-electron chi connectivity index (χ3n) is 5.00. The third-order valence-corrected chi connectivity index (χ3v) is 6.38. The lowest BCUT2D eigenvalue weighted by molar-refractivity contribution is 0.0998. The second-order valence-corrected chi connectivity index (χ2v) is 9.07. The number of benzene rings is 3. The molecule has 1 heterocycles. The van der Waals surface area contributed by atoms with Crippen LogP contribution in [-0.2, 0) is 10.0 Å². The molecule has 0 fully saturated rings. The number of methoxy groups -OCH3 is 1. The molecule has 0 saturated heterocycles. The lowest BCUT2D eigenvalue weighted by Gasteiger charge is -2.12. The number of carbonyl (C=O) groups excluding carboxylic acids is 1. The highest BCUT2D eigenvalue weighted by atomic mass is 32.2. The highest BCUT2D eigenvalue weighted by Crippen LogP contribution is 2.29. The number of hydrogen-bond acceptors (Lipinski definition) is 5. The molecule has 7 nitrogen and oxygen atoms in total. The first kappa shape index (κ1) is 21.5. The van der Waals surface area contributed by atoms with E-state index >= 15 is 0 Å². The summed E-state index contributed by atoms with van der Waals surface area (Å²) in [5.74, 6) is 0.206. The largest absolute Gasteiger partial charge is 0.493 e. The zero-order chi connectivity index (χ0) is 22.9. The second kappa shape index (κ2) is 8.39. The van der Waals surface area contributed by atoms with Crippen LogP contribution >= 0.6 is 0 Å². The molecule has 0 radical (unpaired) electrons. The number of ether oxygens (including phenoxy) is 1. The van der Waals surface area contributed by atoms with Crippen molar-refractivity contribution in [1.82, 2.24) is 0 Å². The van der Waals surface area contributed by atoms with E-state index in [1.54, 1.807) is 18.2 Å². The number of furan rings is 1. The van der Waals surface area contributed by atoms with Crippen LogP contribution in [0.1, 0.15) is 21.7 Å². The van der Waals surface area contributed by atoms with Crippen LogP contribution in [0.4, 0.5) is 11.4 Å². The number of aryl methyl sites for hydroxylation is 2. The minimum Gasteiger partial charge on any atom is -0.493 e. The number of anilines is 2. The highest BCUT2D eigenvalue weighted by molar-refractivity contribution is 7.92. The van der Waals surface area contributed by atoms with Gasteiger partial charge in [-0.05, 0) is 61.9 Å². The van der Waals surface area contributed by atoms with E-state index in [0.717, 1.165) is 16.5 Å².